The zero-order chi connectivity index (χ0) is 14.3. The van der Waals surface area contributed by atoms with Gasteiger partial charge in [-0.15, -0.1) is 0 Å². The molecule has 1 aliphatic rings. The van der Waals surface area contributed by atoms with Gasteiger partial charge in [-0.1, -0.05) is 12.2 Å². The van der Waals surface area contributed by atoms with Crippen molar-refractivity contribution < 1.29 is 23.7 Å². The van der Waals surface area contributed by atoms with Gasteiger partial charge in [0, 0.05) is 0 Å². The van der Waals surface area contributed by atoms with Crippen LogP contribution in [0.3, 0.4) is 0 Å². The number of hydrogen-bond donors (Lipinski definition) is 0. The first kappa shape index (κ1) is 16.6. The van der Waals surface area contributed by atoms with Gasteiger partial charge in [-0.05, 0) is 20.8 Å². The third kappa shape index (κ3) is 7.03. The van der Waals surface area contributed by atoms with Gasteiger partial charge in [-0.25, -0.2) is 0 Å². The Labute approximate surface area is 115 Å². The average Bonchev–Trinajstić information content (AvgIpc) is 2.66. The Morgan fingerprint density at radius 1 is 1.42 bits per heavy atom. The molecule has 2 radical (unpaired) electrons. The zero-order valence-electron chi connectivity index (χ0n) is 12.0. The lowest BCUT2D eigenvalue weighted by molar-refractivity contribution is -0.147. The second-order valence-corrected chi connectivity index (χ2v) is 5.22. The summed E-state index contributed by atoms with van der Waals surface area (Å²) >= 11 is 0. The smallest absolute Gasteiger partial charge is 0.163 e. The molecule has 1 heterocycles. The second-order valence-electron chi connectivity index (χ2n) is 5.22. The quantitative estimate of drug-likeness (QED) is 0.599. The molecule has 0 spiro atoms. The molecule has 1 saturated heterocycles. The molecule has 5 heteroatoms. The highest BCUT2D eigenvalue weighted by atomic mass is 16.7. The van der Waals surface area contributed by atoms with Gasteiger partial charge in [-0.3, -0.25) is 0 Å². The van der Waals surface area contributed by atoms with Crippen LogP contribution >= 0.6 is 0 Å². The second kappa shape index (κ2) is 7.97. The van der Waals surface area contributed by atoms with Gasteiger partial charge in [0.25, 0.3) is 0 Å². The van der Waals surface area contributed by atoms with E-state index in [-0.39, 0.29) is 12.2 Å². The third-order valence-electron chi connectivity index (χ3n) is 2.52. The fraction of sp³-hybridized carbons (Fsp3) is 0.786. The van der Waals surface area contributed by atoms with Gasteiger partial charge in [0.15, 0.2) is 5.79 Å². The van der Waals surface area contributed by atoms with E-state index < -0.39 is 5.79 Å². The Morgan fingerprint density at radius 3 is 2.63 bits per heavy atom. The van der Waals surface area contributed by atoms with Crippen molar-refractivity contribution in [1.82, 2.24) is 0 Å². The Hall–Kier alpha value is -0.460. The fourth-order valence-corrected chi connectivity index (χ4v) is 1.67. The predicted octanol–water partition coefficient (Wildman–Crippen LogP) is 1.80. The first-order chi connectivity index (χ1) is 8.93. The molecule has 0 N–H and O–H groups in total. The van der Waals surface area contributed by atoms with Crippen molar-refractivity contribution >= 4 is 0 Å². The summed E-state index contributed by atoms with van der Waals surface area (Å²) in [5.41, 5.74) is 0.954. The van der Waals surface area contributed by atoms with Crippen molar-refractivity contribution in [1.29, 1.82) is 0 Å². The molecule has 0 amide bonds. The molecule has 0 aliphatic carbocycles. The average molecular weight is 272 g/mol. The molecule has 1 fully saturated rings. The van der Waals surface area contributed by atoms with E-state index in [0.29, 0.717) is 33.0 Å². The molecule has 2 unspecified atom stereocenters. The highest BCUT2D eigenvalue weighted by molar-refractivity contribution is 4.87. The van der Waals surface area contributed by atoms with Crippen LogP contribution in [0.25, 0.3) is 0 Å². The molecule has 2 atom stereocenters. The summed E-state index contributed by atoms with van der Waals surface area (Å²) < 4.78 is 26.7. The van der Waals surface area contributed by atoms with E-state index in [4.69, 9.17) is 30.8 Å². The van der Waals surface area contributed by atoms with Gasteiger partial charge in [0.1, 0.15) is 19.3 Å². The molecule has 110 valence electrons. The van der Waals surface area contributed by atoms with E-state index in [1.165, 1.54) is 0 Å². The van der Waals surface area contributed by atoms with Crippen molar-refractivity contribution in [2.24, 2.45) is 0 Å². The standard InChI is InChI=1S/C14H24O5/c1-11(2)6-16-7-12(15-5)8-17-9-13-10-18-14(3,4)19-13/h5,12-13H,1,6-10H2,2-4H3. The van der Waals surface area contributed by atoms with Crippen LogP contribution in [0.2, 0.25) is 0 Å². The lowest BCUT2D eigenvalue weighted by Gasteiger charge is -2.18. The first-order valence-electron chi connectivity index (χ1n) is 6.40. The molecule has 0 saturated carbocycles. The van der Waals surface area contributed by atoms with Gasteiger partial charge in [0.05, 0.1) is 33.0 Å². The van der Waals surface area contributed by atoms with Crippen LogP contribution < -0.4 is 0 Å². The highest BCUT2D eigenvalue weighted by Crippen LogP contribution is 2.22. The molecule has 5 nitrogen and oxygen atoms in total. The summed E-state index contributed by atoms with van der Waals surface area (Å²) in [7, 11) is 5.19. The summed E-state index contributed by atoms with van der Waals surface area (Å²) in [6, 6.07) is 0. The third-order valence-corrected chi connectivity index (χ3v) is 2.52. The maximum Gasteiger partial charge on any atom is 0.163 e. The minimum absolute atomic E-state index is 0.0511. The largest absolute Gasteiger partial charge is 0.376 e. The van der Waals surface area contributed by atoms with Crippen LogP contribution in [-0.4, -0.2) is 51.0 Å². The van der Waals surface area contributed by atoms with E-state index in [1.807, 2.05) is 20.8 Å². The van der Waals surface area contributed by atoms with E-state index >= 15 is 0 Å². The van der Waals surface area contributed by atoms with Crippen LogP contribution in [0.1, 0.15) is 20.8 Å². The van der Waals surface area contributed by atoms with Gasteiger partial charge < -0.3 is 23.7 Å². The van der Waals surface area contributed by atoms with E-state index in [9.17, 15) is 0 Å². The van der Waals surface area contributed by atoms with Crippen LogP contribution in [-0.2, 0) is 23.7 Å². The van der Waals surface area contributed by atoms with Crippen molar-refractivity contribution in [2.75, 3.05) is 33.0 Å². The Morgan fingerprint density at radius 2 is 2.11 bits per heavy atom. The van der Waals surface area contributed by atoms with Crippen LogP contribution in [0, 0.1) is 7.11 Å². The van der Waals surface area contributed by atoms with Gasteiger partial charge >= 0.3 is 0 Å². The summed E-state index contributed by atoms with van der Waals surface area (Å²) in [4.78, 5) is 0. The summed E-state index contributed by atoms with van der Waals surface area (Å²) in [5, 5.41) is 0. The summed E-state index contributed by atoms with van der Waals surface area (Å²) in [6.45, 7) is 11.6. The summed E-state index contributed by atoms with van der Waals surface area (Å²) in [6.07, 6.45) is -0.348. The minimum atomic E-state index is -0.525. The normalized spacial score (nSPS) is 23.5. The van der Waals surface area contributed by atoms with Crippen LogP contribution in [0.4, 0.5) is 0 Å². The lowest BCUT2D eigenvalue weighted by Crippen LogP contribution is -2.28. The monoisotopic (exact) mass is 272 g/mol. The molecule has 1 aliphatic heterocycles. The molecule has 1 rings (SSSR count). The lowest BCUT2D eigenvalue weighted by atomic mass is 10.3. The maximum absolute atomic E-state index is 5.61. The highest BCUT2D eigenvalue weighted by Gasteiger charge is 2.32. The SMILES string of the molecule is [CH]OC(COCC(=C)C)COCC1COC(C)(C)O1. The Balaban J connectivity index is 2.11. The zero-order valence-corrected chi connectivity index (χ0v) is 12.0. The topological polar surface area (TPSA) is 46.2 Å². The summed E-state index contributed by atoms with van der Waals surface area (Å²) in [5.74, 6) is -0.525. The molecule has 19 heavy (non-hydrogen) atoms. The van der Waals surface area contributed by atoms with Crippen LogP contribution in [0.5, 0.6) is 0 Å². The minimum Gasteiger partial charge on any atom is -0.376 e. The maximum atomic E-state index is 5.61. The number of rotatable bonds is 9. The van der Waals surface area contributed by atoms with Crippen molar-refractivity contribution in [3.05, 3.63) is 19.3 Å². The Kier molecular flexibility index (Phi) is 6.96. The number of ether oxygens (including phenoxy) is 5. The molecule has 0 aromatic carbocycles. The van der Waals surface area contributed by atoms with Crippen molar-refractivity contribution in [3.63, 3.8) is 0 Å². The number of hydrogen-bond acceptors (Lipinski definition) is 5. The first-order valence-corrected chi connectivity index (χ1v) is 6.40. The van der Waals surface area contributed by atoms with E-state index in [2.05, 4.69) is 6.58 Å². The van der Waals surface area contributed by atoms with Gasteiger partial charge in [-0.2, -0.15) is 0 Å². The van der Waals surface area contributed by atoms with Crippen molar-refractivity contribution in [3.8, 4) is 0 Å². The van der Waals surface area contributed by atoms with E-state index in [0.717, 1.165) is 5.57 Å². The molecular weight excluding hydrogens is 248 g/mol. The Bertz CT molecular complexity index is 277. The van der Waals surface area contributed by atoms with Gasteiger partial charge in [0.2, 0.25) is 0 Å². The molecule has 0 bridgehead atoms. The fourth-order valence-electron chi connectivity index (χ4n) is 1.67. The molecule has 0 aromatic heterocycles. The molecule has 0 aromatic rings. The molecular formula is C14H24O5. The van der Waals surface area contributed by atoms with E-state index in [1.54, 1.807) is 0 Å². The predicted molar refractivity (Wildman–Crippen MR) is 70.5 cm³/mol. The van der Waals surface area contributed by atoms with Crippen LogP contribution in [0.15, 0.2) is 12.2 Å². The van der Waals surface area contributed by atoms with Crippen molar-refractivity contribution in [2.45, 2.75) is 38.8 Å².